The number of carboxylic acids is 1. The van der Waals surface area contributed by atoms with Crippen LogP contribution in [0.1, 0.15) is 17.7 Å². The first-order valence-electron chi connectivity index (χ1n) is 6.38. The second-order valence-corrected chi connectivity index (χ2v) is 6.54. The average molecular weight is 304 g/mol. The van der Waals surface area contributed by atoms with Gasteiger partial charge in [-0.25, -0.2) is 4.98 Å². The highest BCUT2D eigenvalue weighted by atomic mass is 35.5. The Morgan fingerprint density at radius 3 is 3.21 bits per heavy atom. The van der Waals surface area contributed by atoms with Gasteiger partial charge in [0.25, 0.3) is 0 Å². The van der Waals surface area contributed by atoms with Crippen LogP contribution in [0.15, 0.2) is 6.20 Å². The minimum atomic E-state index is -0.799. The lowest BCUT2D eigenvalue weighted by Gasteiger charge is -2.32. The molecule has 1 unspecified atom stereocenters. The average Bonchev–Trinajstić information content (AvgIpc) is 2.75. The third-order valence-corrected chi connectivity index (χ3v) is 4.32. The predicted octanol–water partition coefficient (Wildman–Crippen LogP) is 1.68. The normalized spacial score (nSPS) is 20.6. The fraction of sp³-hybridized carbons (Fsp3) is 0.667. The van der Waals surface area contributed by atoms with Gasteiger partial charge in [0, 0.05) is 24.2 Å². The van der Waals surface area contributed by atoms with Crippen molar-refractivity contribution in [3.8, 4) is 0 Å². The van der Waals surface area contributed by atoms with E-state index in [1.165, 1.54) is 16.2 Å². The van der Waals surface area contributed by atoms with Gasteiger partial charge < -0.3 is 10.4 Å². The van der Waals surface area contributed by atoms with E-state index in [-0.39, 0.29) is 6.54 Å². The Kier molecular flexibility index (Phi) is 5.57. The van der Waals surface area contributed by atoms with E-state index in [1.807, 2.05) is 6.20 Å². The van der Waals surface area contributed by atoms with Crippen molar-refractivity contribution in [1.29, 1.82) is 0 Å². The summed E-state index contributed by atoms with van der Waals surface area (Å²) in [7, 11) is 0. The summed E-state index contributed by atoms with van der Waals surface area (Å²) in [5.41, 5.74) is 0. The topological polar surface area (TPSA) is 65.5 Å². The van der Waals surface area contributed by atoms with Crippen LogP contribution in [0.3, 0.4) is 0 Å². The van der Waals surface area contributed by atoms with E-state index in [0.29, 0.717) is 10.4 Å². The van der Waals surface area contributed by atoms with Gasteiger partial charge in [-0.15, -0.1) is 11.3 Å². The number of hydrogen-bond acceptors (Lipinski definition) is 5. The molecular formula is C12H18ClN3O2S. The molecule has 0 saturated carbocycles. The first kappa shape index (κ1) is 14.7. The molecule has 2 rings (SSSR count). The van der Waals surface area contributed by atoms with Crippen LogP contribution in [0.2, 0.25) is 4.47 Å². The van der Waals surface area contributed by atoms with Crippen molar-refractivity contribution in [3.63, 3.8) is 0 Å². The standard InChI is InChI=1S/C12H18ClN3O2S/c13-12-15-5-10(19-12)8-16-3-1-2-9(7-16)4-14-6-11(17)18/h5,9,14H,1-4,6-8H2,(H,17,18). The Hall–Kier alpha value is -0.690. The molecule has 0 spiro atoms. The van der Waals surface area contributed by atoms with E-state index in [0.717, 1.165) is 39.0 Å². The third-order valence-electron chi connectivity index (χ3n) is 3.22. The number of halogens is 1. The fourth-order valence-corrected chi connectivity index (χ4v) is 3.44. The summed E-state index contributed by atoms with van der Waals surface area (Å²) >= 11 is 7.35. The summed E-state index contributed by atoms with van der Waals surface area (Å²) in [6.45, 7) is 3.79. The van der Waals surface area contributed by atoms with Crippen molar-refractivity contribution >= 4 is 28.9 Å². The Bertz CT molecular complexity index is 427. The second kappa shape index (κ2) is 7.19. The lowest BCUT2D eigenvalue weighted by atomic mass is 9.98. The van der Waals surface area contributed by atoms with E-state index >= 15 is 0 Å². The van der Waals surface area contributed by atoms with Gasteiger partial charge in [-0.2, -0.15) is 0 Å². The number of nitrogens with zero attached hydrogens (tertiary/aromatic N) is 2. The third kappa shape index (κ3) is 5.06. The second-order valence-electron chi connectivity index (χ2n) is 4.85. The molecule has 19 heavy (non-hydrogen) atoms. The van der Waals surface area contributed by atoms with Gasteiger partial charge in [-0.05, 0) is 31.8 Å². The van der Waals surface area contributed by atoms with E-state index < -0.39 is 5.97 Å². The van der Waals surface area contributed by atoms with Crippen LogP contribution in [0, 0.1) is 5.92 Å². The molecule has 106 valence electrons. The molecule has 1 aromatic rings. The van der Waals surface area contributed by atoms with E-state index in [1.54, 1.807) is 0 Å². The Morgan fingerprint density at radius 2 is 2.53 bits per heavy atom. The van der Waals surface area contributed by atoms with Crippen molar-refractivity contribution < 1.29 is 9.90 Å². The minimum Gasteiger partial charge on any atom is -0.480 e. The highest BCUT2D eigenvalue weighted by Gasteiger charge is 2.20. The first-order chi connectivity index (χ1) is 9.13. The lowest BCUT2D eigenvalue weighted by Crippen LogP contribution is -2.40. The molecule has 1 saturated heterocycles. The van der Waals surface area contributed by atoms with Gasteiger partial charge >= 0.3 is 5.97 Å². The van der Waals surface area contributed by atoms with Crippen LogP contribution >= 0.6 is 22.9 Å². The van der Waals surface area contributed by atoms with Crippen LogP contribution in [-0.4, -0.2) is 47.1 Å². The van der Waals surface area contributed by atoms with Crippen LogP contribution in [0.5, 0.6) is 0 Å². The quantitative estimate of drug-likeness (QED) is 0.837. The molecule has 1 aliphatic heterocycles. The number of piperidine rings is 1. The van der Waals surface area contributed by atoms with Crippen LogP contribution in [0.4, 0.5) is 0 Å². The Morgan fingerprint density at radius 1 is 1.68 bits per heavy atom. The largest absolute Gasteiger partial charge is 0.480 e. The molecule has 0 amide bonds. The van der Waals surface area contributed by atoms with E-state index in [2.05, 4.69) is 15.2 Å². The highest BCUT2D eigenvalue weighted by molar-refractivity contribution is 7.15. The molecule has 0 aromatic carbocycles. The van der Waals surface area contributed by atoms with Crippen molar-refractivity contribution in [2.75, 3.05) is 26.2 Å². The minimum absolute atomic E-state index is 0.0426. The monoisotopic (exact) mass is 303 g/mol. The number of nitrogens with one attached hydrogen (secondary N) is 1. The van der Waals surface area contributed by atoms with Crippen LogP contribution < -0.4 is 5.32 Å². The number of carbonyl (C=O) groups is 1. The summed E-state index contributed by atoms with van der Waals surface area (Å²) in [6, 6.07) is 0. The van der Waals surface area contributed by atoms with Crippen molar-refractivity contribution in [2.45, 2.75) is 19.4 Å². The number of aliphatic carboxylic acids is 1. The summed E-state index contributed by atoms with van der Waals surface area (Å²) in [6.07, 6.45) is 4.15. The maximum atomic E-state index is 10.5. The van der Waals surface area contributed by atoms with Gasteiger partial charge in [0.15, 0.2) is 4.47 Å². The number of aromatic nitrogens is 1. The molecule has 1 fully saturated rings. The Balaban J connectivity index is 1.75. The summed E-state index contributed by atoms with van der Waals surface area (Å²) in [5.74, 6) is -0.275. The molecule has 2 N–H and O–H groups in total. The van der Waals surface area contributed by atoms with Gasteiger partial charge in [0.2, 0.25) is 0 Å². The van der Waals surface area contributed by atoms with Gasteiger partial charge in [0.05, 0.1) is 6.54 Å². The fourth-order valence-electron chi connectivity index (χ4n) is 2.42. The number of rotatable bonds is 6. The van der Waals surface area contributed by atoms with E-state index in [9.17, 15) is 4.79 Å². The molecule has 7 heteroatoms. The molecule has 5 nitrogen and oxygen atoms in total. The Labute approximate surface area is 121 Å². The van der Waals surface area contributed by atoms with Crippen molar-refractivity contribution in [3.05, 3.63) is 15.5 Å². The number of thiazole rings is 1. The molecule has 1 atom stereocenters. The zero-order valence-electron chi connectivity index (χ0n) is 10.6. The maximum absolute atomic E-state index is 10.5. The highest BCUT2D eigenvalue weighted by Crippen LogP contribution is 2.22. The molecule has 1 aromatic heterocycles. The molecule has 0 bridgehead atoms. The first-order valence-corrected chi connectivity index (χ1v) is 7.58. The zero-order valence-corrected chi connectivity index (χ0v) is 12.2. The number of hydrogen-bond donors (Lipinski definition) is 2. The maximum Gasteiger partial charge on any atom is 0.317 e. The molecule has 0 radical (unpaired) electrons. The van der Waals surface area contributed by atoms with Crippen LogP contribution in [0.25, 0.3) is 0 Å². The molecule has 1 aliphatic rings. The van der Waals surface area contributed by atoms with Crippen molar-refractivity contribution in [1.82, 2.24) is 15.2 Å². The van der Waals surface area contributed by atoms with Crippen molar-refractivity contribution in [2.24, 2.45) is 5.92 Å². The van der Waals surface area contributed by atoms with Crippen LogP contribution in [-0.2, 0) is 11.3 Å². The molecule has 0 aliphatic carbocycles. The van der Waals surface area contributed by atoms with Gasteiger partial charge in [0.1, 0.15) is 0 Å². The summed E-state index contributed by atoms with van der Waals surface area (Å²) in [5, 5.41) is 11.6. The SMILES string of the molecule is O=C(O)CNCC1CCCN(Cc2cnc(Cl)s2)C1. The van der Waals surface area contributed by atoms with Gasteiger partial charge in [-0.3, -0.25) is 9.69 Å². The summed E-state index contributed by atoms with van der Waals surface area (Å²) < 4.78 is 0.590. The zero-order chi connectivity index (χ0) is 13.7. The smallest absolute Gasteiger partial charge is 0.317 e. The molecule has 2 heterocycles. The lowest BCUT2D eigenvalue weighted by molar-refractivity contribution is -0.136. The number of likely N-dealkylation sites (tertiary alicyclic amines) is 1. The molecular weight excluding hydrogens is 286 g/mol. The number of carboxylic acid groups (broad SMARTS) is 1. The van der Waals surface area contributed by atoms with E-state index in [4.69, 9.17) is 16.7 Å². The summed E-state index contributed by atoms with van der Waals surface area (Å²) in [4.78, 5) is 18.1. The van der Waals surface area contributed by atoms with Gasteiger partial charge in [-0.1, -0.05) is 11.6 Å². The predicted molar refractivity (Wildman–Crippen MR) is 75.6 cm³/mol.